The molecule has 0 saturated heterocycles. The van der Waals surface area contributed by atoms with Gasteiger partial charge >= 0.3 is 0 Å². The van der Waals surface area contributed by atoms with Crippen LogP contribution in [0, 0.1) is 17.0 Å². The highest BCUT2D eigenvalue weighted by molar-refractivity contribution is 7.70. The molecule has 0 unspecified atom stereocenters. The minimum atomic E-state index is -2.63. The highest BCUT2D eigenvalue weighted by Crippen LogP contribution is 2.46. The summed E-state index contributed by atoms with van der Waals surface area (Å²) < 4.78 is 12.3. The van der Waals surface area contributed by atoms with E-state index in [-0.39, 0.29) is 5.69 Å². The molecule has 0 amide bonds. The molecule has 17 heavy (non-hydrogen) atoms. The number of nitro groups is 1. The number of rotatable bonds is 3. The summed E-state index contributed by atoms with van der Waals surface area (Å²) in [5, 5.41) is 11.5. The van der Waals surface area contributed by atoms with Crippen LogP contribution in [-0.2, 0) is 4.57 Å². The summed E-state index contributed by atoms with van der Waals surface area (Å²) in [6.07, 6.45) is 2.27. The summed E-state index contributed by atoms with van der Waals surface area (Å²) in [7, 11) is -2.63. The Hall–Kier alpha value is -1.15. The van der Waals surface area contributed by atoms with Gasteiger partial charge in [0.25, 0.3) is 5.69 Å². The Bertz CT molecular complexity index is 529. The minimum Gasteiger partial charge on any atom is -0.319 e. The minimum absolute atomic E-state index is 0.000216. The average molecular weight is 253 g/mol. The van der Waals surface area contributed by atoms with Crippen molar-refractivity contribution < 1.29 is 9.49 Å². The molecule has 1 aliphatic rings. The average Bonchev–Trinajstić information content (AvgIpc) is 2.98. The van der Waals surface area contributed by atoms with E-state index in [0.29, 0.717) is 11.2 Å². The number of nitrogens with zero attached hydrogens (tertiary/aromatic N) is 1. The van der Waals surface area contributed by atoms with Crippen LogP contribution in [0.3, 0.4) is 0 Å². The summed E-state index contributed by atoms with van der Waals surface area (Å²) >= 11 is 0. The summed E-state index contributed by atoms with van der Waals surface area (Å²) in [6.45, 7) is 5.05. The number of hydrogen-bond donors (Lipinski definition) is 0. The van der Waals surface area contributed by atoms with Gasteiger partial charge in [0, 0.05) is 6.07 Å². The van der Waals surface area contributed by atoms with Crippen molar-refractivity contribution in [3.05, 3.63) is 33.4 Å². The molecule has 0 atom stereocenters. The maximum absolute atomic E-state index is 12.3. The molecule has 0 bridgehead atoms. The maximum atomic E-state index is 12.3. The molecule has 0 N–H and O–H groups in total. The molecule has 0 aromatic heterocycles. The van der Waals surface area contributed by atoms with Crippen LogP contribution in [0.2, 0.25) is 0 Å². The SMILES string of the molecule is Cc1c(C2CC2)ccc([N+](=O)[O-])c1P(C)(C)=O. The van der Waals surface area contributed by atoms with E-state index in [0.717, 1.165) is 24.0 Å². The normalized spacial score (nSPS) is 15.9. The van der Waals surface area contributed by atoms with Crippen molar-refractivity contribution >= 4 is 18.1 Å². The van der Waals surface area contributed by atoms with Gasteiger partial charge in [0.15, 0.2) is 0 Å². The third kappa shape index (κ3) is 2.27. The Labute approximate surface area is 101 Å². The number of hydrogen-bond acceptors (Lipinski definition) is 3. The Morgan fingerprint density at radius 1 is 1.35 bits per heavy atom. The van der Waals surface area contributed by atoms with E-state index in [1.165, 1.54) is 6.07 Å². The van der Waals surface area contributed by atoms with Gasteiger partial charge in [0.1, 0.15) is 7.14 Å². The van der Waals surface area contributed by atoms with Crippen molar-refractivity contribution in [2.24, 2.45) is 0 Å². The highest BCUT2D eigenvalue weighted by Gasteiger charge is 2.32. The van der Waals surface area contributed by atoms with Crippen LogP contribution in [0.15, 0.2) is 12.1 Å². The van der Waals surface area contributed by atoms with Crippen molar-refractivity contribution in [1.82, 2.24) is 0 Å². The fraction of sp³-hybridized carbons (Fsp3) is 0.500. The van der Waals surface area contributed by atoms with E-state index in [1.54, 1.807) is 13.3 Å². The zero-order valence-electron chi connectivity index (χ0n) is 10.3. The molecule has 2 rings (SSSR count). The van der Waals surface area contributed by atoms with Gasteiger partial charge in [0.05, 0.1) is 10.2 Å². The van der Waals surface area contributed by atoms with E-state index >= 15 is 0 Å². The van der Waals surface area contributed by atoms with Crippen molar-refractivity contribution in [3.8, 4) is 0 Å². The zero-order chi connectivity index (χ0) is 12.8. The van der Waals surface area contributed by atoms with Gasteiger partial charge in [-0.2, -0.15) is 0 Å². The van der Waals surface area contributed by atoms with Gasteiger partial charge in [0.2, 0.25) is 0 Å². The Kier molecular flexibility index (Phi) is 2.86. The lowest BCUT2D eigenvalue weighted by Gasteiger charge is -2.14. The van der Waals surface area contributed by atoms with Gasteiger partial charge in [-0.3, -0.25) is 10.1 Å². The highest BCUT2D eigenvalue weighted by atomic mass is 31.2. The second-order valence-corrected chi connectivity index (χ2v) is 8.18. The Morgan fingerprint density at radius 3 is 2.35 bits per heavy atom. The van der Waals surface area contributed by atoms with Gasteiger partial charge < -0.3 is 4.57 Å². The summed E-state index contributed by atoms with van der Waals surface area (Å²) in [5.41, 5.74) is 1.99. The molecule has 4 nitrogen and oxygen atoms in total. The first-order valence-electron chi connectivity index (χ1n) is 5.66. The van der Waals surface area contributed by atoms with Crippen molar-refractivity contribution in [3.63, 3.8) is 0 Å². The lowest BCUT2D eigenvalue weighted by Crippen LogP contribution is -2.15. The molecular weight excluding hydrogens is 237 g/mol. The predicted octanol–water partition coefficient (Wildman–Crippen LogP) is 3.03. The lowest BCUT2D eigenvalue weighted by atomic mass is 10.0. The van der Waals surface area contributed by atoms with E-state index in [9.17, 15) is 14.7 Å². The van der Waals surface area contributed by atoms with E-state index < -0.39 is 12.1 Å². The second-order valence-electron chi connectivity index (χ2n) is 5.03. The fourth-order valence-corrected chi connectivity index (χ4v) is 4.01. The largest absolute Gasteiger partial charge is 0.319 e. The van der Waals surface area contributed by atoms with Crippen LogP contribution in [0.5, 0.6) is 0 Å². The van der Waals surface area contributed by atoms with Gasteiger partial charge in [-0.1, -0.05) is 6.07 Å². The van der Waals surface area contributed by atoms with E-state index in [1.807, 2.05) is 13.0 Å². The zero-order valence-corrected chi connectivity index (χ0v) is 11.2. The number of nitro benzene ring substituents is 1. The first kappa shape index (κ1) is 12.3. The van der Waals surface area contributed by atoms with Crippen LogP contribution < -0.4 is 5.30 Å². The smallest absolute Gasteiger partial charge is 0.280 e. The van der Waals surface area contributed by atoms with Crippen LogP contribution in [0.25, 0.3) is 0 Å². The molecule has 1 saturated carbocycles. The first-order chi connectivity index (χ1) is 7.82. The molecule has 1 fully saturated rings. The van der Waals surface area contributed by atoms with Crippen molar-refractivity contribution in [2.45, 2.75) is 25.7 Å². The summed E-state index contributed by atoms with van der Waals surface area (Å²) in [5.74, 6) is 0.515. The van der Waals surface area contributed by atoms with Crippen LogP contribution in [-0.4, -0.2) is 18.3 Å². The third-order valence-electron chi connectivity index (χ3n) is 3.20. The standard InChI is InChI=1S/C12H16NO3P/c1-8-10(9-4-5-9)6-7-11(13(14)15)12(8)17(2,3)16/h6-7,9H,4-5H2,1-3H3. The molecule has 0 spiro atoms. The quantitative estimate of drug-likeness (QED) is 0.472. The molecule has 0 heterocycles. The Morgan fingerprint density at radius 2 is 1.94 bits per heavy atom. The van der Waals surface area contributed by atoms with Crippen LogP contribution in [0.1, 0.15) is 29.9 Å². The lowest BCUT2D eigenvalue weighted by molar-refractivity contribution is -0.383. The van der Waals surface area contributed by atoms with Crippen molar-refractivity contribution in [1.29, 1.82) is 0 Å². The van der Waals surface area contributed by atoms with Gasteiger partial charge in [-0.25, -0.2) is 0 Å². The van der Waals surface area contributed by atoms with E-state index in [2.05, 4.69) is 0 Å². The third-order valence-corrected chi connectivity index (χ3v) is 4.85. The molecule has 0 aliphatic heterocycles. The van der Waals surface area contributed by atoms with Crippen LogP contribution >= 0.6 is 7.14 Å². The molecule has 0 radical (unpaired) electrons. The maximum Gasteiger partial charge on any atom is 0.280 e. The summed E-state index contributed by atoms with van der Waals surface area (Å²) in [6, 6.07) is 3.33. The molecular formula is C12H16NO3P. The monoisotopic (exact) mass is 253 g/mol. The second kappa shape index (κ2) is 3.95. The fourth-order valence-electron chi connectivity index (χ4n) is 2.37. The van der Waals surface area contributed by atoms with Crippen molar-refractivity contribution in [2.75, 3.05) is 13.3 Å². The first-order valence-corrected chi connectivity index (χ1v) is 8.26. The van der Waals surface area contributed by atoms with Crippen LogP contribution in [0.4, 0.5) is 5.69 Å². The molecule has 92 valence electrons. The van der Waals surface area contributed by atoms with E-state index in [4.69, 9.17) is 0 Å². The van der Waals surface area contributed by atoms with Gasteiger partial charge in [-0.05, 0) is 50.1 Å². The summed E-state index contributed by atoms with van der Waals surface area (Å²) in [4.78, 5) is 10.6. The topological polar surface area (TPSA) is 60.2 Å². The molecule has 5 heteroatoms. The number of benzene rings is 1. The molecule has 1 aromatic rings. The molecule has 1 aliphatic carbocycles. The predicted molar refractivity (Wildman–Crippen MR) is 68.9 cm³/mol. The Balaban J connectivity index is 2.68. The van der Waals surface area contributed by atoms with Gasteiger partial charge in [-0.15, -0.1) is 0 Å². The molecule has 1 aromatic carbocycles.